The van der Waals surface area contributed by atoms with E-state index in [2.05, 4.69) is 14.7 Å². The van der Waals surface area contributed by atoms with Crippen molar-refractivity contribution in [3.8, 4) is 5.75 Å². The quantitative estimate of drug-likeness (QED) is 0.803. The van der Waals surface area contributed by atoms with E-state index in [1.54, 1.807) is 18.7 Å². The van der Waals surface area contributed by atoms with Crippen LogP contribution < -0.4 is 10.1 Å². The lowest BCUT2D eigenvalue weighted by molar-refractivity contribution is 0.102. The molecule has 0 saturated carbocycles. The Kier molecular flexibility index (Phi) is 3.77. The monoisotopic (exact) mass is 313 g/mol. The van der Waals surface area contributed by atoms with Crippen molar-refractivity contribution < 1.29 is 9.53 Å². The Balaban J connectivity index is 2.09. The number of methoxy groups -OCH3 is 1. The molecule has 3 aromatic rings. The van der Waals surface area contributed by atoms with Crippen LogP contribution in [0.1, 0.15) is 21.6 Å². The van der Waals surface area contributed by atoms with Gasteiger partial charge in [-0.3, -0.25) is 9.78 Å². The van der Waals surface area contributed by atoms with Crippen molar-refractivity contribution in [3.05, 3.63) is 46.6 Å². The van der Waals surface area contributed by atoms with Crippen molar-refractivity contribution in [2.75, 3.05) is 12.4 Å². The van der Waals surface area contributed by atoms with Gasteiger partial charge in [-0.1, -0.05) is 12.1 Å². The summed E-state index contributed by atoms with van der Waals surface area (Å²) < 4.78 is 9.48. The summed E-state index contributed by atoms with van der Waals surface area (Å²) in [5.74, 6) is 0.519. The predicted molar refractivity (Wildman–Crippen MR) is 87.8 cm³/mol. The highest BCUT2D eigenvalue weighted by Gasteiger charge is 2.15. The molecule has 2 aromatic heterocycles. The van der Waals surface area contributed by atoms with Crippen LogP contribution in [-0.4, -0.2) is 22.4 Å². The molecule has 0 radical (unpaired) electrons. The lowest BCUT2D eigenvalue weighted by Gasteiger charge is -2.13. The molecule has 0 spiro atoms. The number of carbonyl (C=O) groups excluding carboxylic acids is 1. The third kappa shape index (κ3) is 2.42. The van der Waals surface area contributed by atoms with Gasteiger partial charge in [-0.05, 0) is 37.0 Å². The van der Waals surface area contributed by atoms with Crippen LogP contribution in [0.15, 0.2) is 29.8 Å². The van der Waals surface area contributed by atoms with E-state index in [9.17, 15) is 4.79 Å². The maximum absolute atomic E-state index is 12.5. The number of amides is 1. The van der Waals surface area contributed by atoms with Gasteiger partial charge in [0, 0.05) is 17.0 Å². The van der Waals surface area contributed by atoms with Crippen molar-refractivity contribution in [2.24, 2.45) is 0 Å². The van der Waals surface area contributed by atoms with E-state index in [-0.39, 0.29) is 5.91 Å². The third-order valence-corrected chi connectivity index (χ3v) is 4.22. The molecule has 3 rings (SSSR count). The van der Waals surface area contributed by atoms with Gasteiger partial charge in [0.1, 0.15) is 11.3 Å². The number of hydrogen-bond donors (Lipinski definition) is 1. The van der Waals surface area contributed by atoms with Crippen LogP contribution in [0.25, 0.3) is 10.9 Å². The topological polar surface area (TPSA) is 64.1 Å². The molecule has 0 bridgehead atoms. The first-order chi connectivity index (χ1) is 10.6. The number of pyridine rings is 1. The van der Waals surface area contributed by atoms with Crippen molar-refractivity contribution >= 4 is 34.0 Å². The fraction of sp³-hybridized carbons (Fsp3) is 0.188. The Morgan fingerprint density at radius 3 is 2.82 bits per heavy atom. The predicted octanol–water partition coefficient (Wildman–Crippen LogP) is 3.57. The molecule has 0 unspecified atom stereocenters. The Labute approximate surface area is 132 Å². The first kappa shape index (κ1) is 14.5. The molecule has 1 N–H and O–H groups in total. The van der Waals surface area contributed by atoms with Crippen LogP contribution in [0.3, 0.4) is 0 Å². The largest absolute Gasteiger partial charge is 0.494 e. The minimum Gasteiger partial charge on any atom is -0.494 e. The molecule has 5 nitrogen and oxygen atoms in total. The van der Waals surface area contributed by atoms with E-state index in [0.29, 0.717) is 11.3 Å². The van der Waals surface area contributed by atoms with Gasteiger partial charge in [0.15, 0.2) is 0 Å². The summed E-state index contributed by atoms with van der Waals surface area (Å²) in [6.07, 6.45) is 1.74. The molecule has 112 valence electrons. The highest BCUT2D eigenvalue weighted by molar-refractivity contribution is 7.04. The number of fused-ring (bicyclic) bond motifs is 1. The van der Waals surface area contributed by atoms with Gasteiger partial charge in [0.25, 0.3) is 5.91 Å². The van der Waals surface area contributed by atoms with Gasteiger partial charge in [-0.2, -0.15) is 4.37 Å². The molecule has 0 saturated heterocycles. The normalized spacial score (nSPS) is 10.7. The van der Waals surface area contributed by atoms with Crippen LogP contribution in [0.5, 0.6) is 5.75 Å². The zero-order chi connectivity index (χ0) is 15.7. The zero-order valence-corrected chi connectivity index (χ0v) is 13.3. The Morgan fingerprint density at radius 1 is 1.32 bits per heavy atom. The van der Waals surface area contributed by atoms with Gasteiger partial charge >= 0.3 is 0 Å². The van der Waals surface area contributed by atoms with E-state index >= 15 is 0 Å². The van der Waals surface area contributed by atoms with Crippen molar-refractivity contribution in [2.45, 2.75) is 13.8 Å². The second kappa shape index (κ2) is 5.73. The van der Waals surface area contributed by atoms with Crippen LogP contribution in [0, 0.1) is 13.8 Å². The van der Waals surface area contributed by atoms with Crippen LogP contribution in [-0.2, 0) is 0 Å². The maximum Gasteiger partial charge on any atom is 0.258 e. The molecule has 0 fully saturated rings. The second-order valence-corrected chi connectivity index (χ2v) is 5.57. The number of hydrogen-bond acceptors (Lipinski definition) is 5. The molecule has 0 atom stereocenters. The molecule has 1 aromatic carbocycles. The number of nitrogens with one attached hydrogen (secondary N) is 1. The van der Waals surface area contributed by atoms with Gasteiger partial charge in [0.2, 0.25) is 0 Å². The third-order valence-electron chi connectivity index (χ3n) is 3.50. The number of nitrogens with zero attached hydrogens (tertiary/aromatic N) is 2. The smallest absolute Gasteiger partial charge is 0.258 e. The first-order valence-electron chi connectivity index (χ1n) is 6.76. The number of aryl methyl sites for hydroxylation is 2. The molecule has 0 aliphatic carbocycles. The van der Waals surface area contributed by atoms with Crippen LogP contribution >= 0.6 is 11.5 Å². The second-order valence-electron chi connectivity index (χ2n) is 4.94. The molecule has 2 heterocycles. The molecule has 1 amide bonds. The number of para-hydroxylation sites is 1. The molecule has 0 aliphatic heterocycles. The van der Waals surface area contributed by atoms with E-state index in [1.807, 2.05) is 32.0 Å². The number of carbonyl (C=O) groups is 1. The Morgan fingerprint density at radius 2 is 2.14 bits per heavy atom. The van der Waals surface area contributed by atoms with Crippen molar-refractivity contribution in [3.63, 3.8) is 0 Å². The van der Waals surface area contributed by atoms with E-state index in [4.69, 9.17) is 4.74 Å². The van der Waals surface area contributed by atoms with Gasteiger partial charge in [0.05, 0.1) is 24.1 Å². The summed E-state index contributed by atoms with van der Waals surface area (Å²) >= 11 is 1.28. The summed E-state index contributed by atoms with van der Waals surface area (Å²) in [6, 6.07) is 5.66. The van der Waals surface area contributed by atoms with E-state index < -0.39 is 0 Å². The highest BCUT2D eigenvalue weighted by Crippen LogP contribution is 2.31. The SMILES string of the molecule is COc1cccc2c(NC(=O)c3csnc3C)c(C)cnc12. The minimum atomic E-state index is -0.162. The lowest BCUT2D eigenvalue weighted by Crippen LogP contribution is -2.13. The number of anilines is 1. The van der Waals surface area contributed by atoms with Crippen LogP contribution in [0.2, 0.25) is 0 Å². The fourth-order valence-electron chi connectivity index (χ4n) is 2.32. The number of aromatic nitrogens is 2. The van der Waals surface area contributed by atoms with Crippen LogP contribution in [0.4, 0.5) is 5.69 Å². The molecular formula is C16H15N3O2S. The molecule has 22 heavy (non-hydrogen) atoms. The van der Waals surface area contributed by atoms with E-state index in [1.165, 1.54) is 11.5 Å². The minimum absolute atomic E-state index is 0.162. The Hall–Kier alpha value is -2.47. The van der Waals surface area contributed by atoms with Crippen molar-refractivity contribution in [1.82, 2.24) is 9.36 Å². The number of benzene rings is 1. The standard InChI is InChI=1S/C16H15N3O2S/c1-9-7-17-15-11(5-4-6-13(15)21-3)14(9)18-16(20)12-8-22-19-10(12)2/h4-8H,1-3H3,(H,17,18,20). The summed E-state index contributed by atoms with van der Waals surface area (Å²) in [5.41, 5.74) is 3.70. The van der Waals surface area contributed by atoms with Gasteiger partial charge in [-0.15, -0.1) is 0 Å². The maximum atomic E-state index is 12.5. The van der Waals surface area contributed by atoms with Gasteiger partial charge in [-0.25, -0.2) is 0 Å². The molecule has 6 heteroatoms. The number of ether oxygens (including phenoxy) is 1. The summed E-state index contributed by atoms with van der Waals surface area (Å²) in [7, 11) is 1.61. The average Bonchev–Trinajstić information content (AvgIpc) is 2.95. The fourth-order valence-corrected chi connectivity index (χ4v) is 3.01. The van der Waals surface area contributed by atoms with Crippen molar-refractivity contribution in [1.29, 1.82) is 0 Å². The summed E-state index contributed by atoms with van der Waals surface area (Å²) in [4.78, 5) is 16.9. The molecular weight excluding hydrogens is 298 g/mol. The van der Waals surface area contributed by atoms with E-state index in [0.717, 1.165) is 27.8 Å². The lowest BCUT2D eigenvalue weighted by atomic mass is 10.1. The number of rotatable bonds is 3. The summed E-state index contributed by atoms with van der Waals surface area (Å²) in [5, 5.41) is 5.59. The van der Waals surface area contributed by atoms with Gasteiger partial charge < -0.3 is 10.1 Å². The average molecular weight is 313 g/mol. The Bertz CT molecular complexity index is 858. The highest BCUT2D eigenvalue weighted by atomic mass is 32.1. The first-order valence-corrected chi connectivity index (χ1v) is 7.60. The summed E-state index contributed by atoms with van der Waals surface area (Å²) in [6.45, 7) is 3.74. The molecule has 0 aliphatic rings. The zero-order valence-electron chi connectivity index (χ0n) is 12.5.